The molecule has 0 aromatic carbocycles. The Labute approximate surface area is 101 Å². The number of aliphatic hydroxyl groups excluding tert-OH is 1. The largest absolute Gasteiger partial charge is 0.508 e. The first-order valence-corrected chi connectivity index (χ1v) is 5.35. The van der Waals surface area contributed by atoms with Crippen LogP contribution in [0.2, 0.25) is 0 Å². The van der Waals surface area contributed by atoms with Gasteiger partial charge in [0.25, 0.3) is 0 Å². The van der Waals surface area contributed by atoms with Gasteiger partial charge in [-0.3, -0.25) is 4.79 Å². The maximum Gasteiger partial charge on any atom is 0.306 e. The molecule has 1 N–H and O–H groups in total. The number of carbonyl (C=O) groups is 1. The lowest BCUT2D eigenvalue weighted by molar-refractivity contribution is -0.141. The summed E-state index contributed by atoms with van der Waals surface area (Å²) < 4.78 is 4.65. The Bertz CT molecular complexity index is 432. The zero-order chi connectivity index (χ0) is 12.8. The topological polar surface area (TPSA) is 46.5 Å². The predicted molar refractivity (Wildman–Crippen MR) is 66.1 cm³/mol. The van der Waals surface area contributed by atoms with Crippen molar-refractivity contribution in [3.63, 3.8) is 0 Å². The molecule has 0 fully saturated rings. The maximum absolute atomic E-state index is 11.3. The second-order valence-electron chi connectivity index (χ2n) is 3.81. The molecule has 2 atom stereocenters. The fourth-order valence-corrected chi connectivity index (χ4v) is 1.77. The molecular weight excluding hydrogens is 216 g/mol. The third-order valence-corrected chi connectivity index (χ3v) is 2.61. The van der Waals surface area contributed by atoms with Crippen molar-refractivity contribution < 1.29 is 14.6 Å². The van der Waals surface area contributed by atoms with E-state index in [-0.39, 0.29) is 30.0 Å². The Balaban J connectivity index is 2.85. The van der Waals surface area contributed by atoms with E-state index in [0.717, 1.165) is 5.57 Å². The molecule has 2 unspecified atom stereocenters. The summed E-state index contributed by atoms with van der Waals surface area (Å²) in [4.78, 5) is 11.3. The molecule has 0 amide bonds. The van der Waals surface area contributed by atoms with Gasteiger partial charge in [-0.15, -0.1) is 5.92 Å². The number of esters is 1. The summed E-state index contributed by atoms with van der Waals surface area (Å²) in [5.74, 6) is 5.46. The zero-order valence-electron chi connectivity index (χ0n) is 10.1. The number of ether oxygens (including phenoxy) is 1. The molecule has 0 aromatic rings. The van der Waals surface area contributed by atoms with E-state index in [9.17, 15) is 9.90 Å². The molecule has 0 bridgehead atoms. The van der Waals surface area contributed by atoms with Crippen molar-refractivity contribution in [2.75, 3.05) is 7.11 Å². The van der Waals surface area contributed by atoms with Gasteiger partial charge in [-0.1, -0.05) is 18.6 Å². The van der Waals surface area contributed by atoms with E-state index >= 15 is 0 Å². The molecule has 0 saturated carbocycles. The molecule has 0 aliphatic heterocycles. The van der Waals surface area contributed by atoms with E-state index in [0.29, 0.717) is 0 Å². The molecule has 1 aliphatic rings. The first-order valence-electron chi connectivity index (χ1n) is 5.35. The molecule has 0 spiro atoms. The van der Waals surface area contributed by atoms with Gasteiger partial charge < -0.3 is 9.84 Å². The van der Waals surface area contributed by atoms with E-state index in [1.54, 1.807) is 19.1 Å². The highest BCUT2D eigenvalue weighted by Crippen LogP contribution is 2.29. The SMILES string of the molecule is C=C1C=C(O)C=CC1C(C#CC)CC(=O)OC. The van der Waals surface area contributed by atoms with Crippen molar-refractivity contribution in [2.45, 2.75) is 13.3 Å². The molecule has 3 nitrogen and oxygen atoms in total. The van der Waals surface area contributed by atoms with Crippen LogP contribution in [0.5, 0.6) is 0 Å². The first kappa shape index (κ1) is 13.1. The van der Waals surface area contributed by atoms with E-state index in [1.807, 2.05) is 6.08 Å². The Kier molecular flexibility index (Phi) is 4.59. The molecule has 0 saturated heterocycles. The van der Waals surface area contributed by atoms with Gasteiger partial charge >= 0.3 is 5.97 Å². The summed E-state index contributed by atoms with van der Waals surface area (Å²) in [7, 11) is 1.36. The molecule has 90 valence electrons. The number of hydrogen-bond acceptors (Lipinski definition) is 3. The van der Waals surface area contributed by atoms with Gasteiger partial charge in [0.15, 0.2) is 0 Å². The molecular formula is C14H16O3. The fourth-order valence-electron chi connectivity index (χ4n) is 1.77. The first-order chi connectivity index (χ1) is 8.08. The van der Waals surface area contributed by atoms with Crippen LogP contribution in [0, 0.1) is 23.7 Å². The van der Waals surface area contributed by atoms with E-state index < -0.39 is 0 Å². The van der Waals surface area contributed by atoms with E-state index in [1.165, 1.54) is 7.11 Å². The molecule has 0 radical (unpaired) electrons. The van der Waals surface area contributed by atoms with Gasteiger partial charge in [0, 0.05) is 11.8 Å². The smallest absolute Gasteiger partial charge is 0.306 e. The quantitative estimate of drug-likeness (QED) is 0.600. The summed E-state index contributed by atoms with van der Waals surface area (Å²) in [5, 5.41) is 9.32. The van der Waals surface area contributed by atoms with Gasteiger partial charge in [-0.05, 0) is 24.6 Å². The lowest BCUT2D eigenvalue weighted by Crippen LogP contribution is -2.19. The van der Waals surface area contributed by atoms with Crippen molar-refractivity contribution in [3.8, 4) is 11.8 Å². The zero-order valence-corrected chi connectivity index (χ0v) is 10.1. The van der Waals surface area contributed by atoms with Crippen molar-refractivity contribution >= 4 is 5.97 Å². The highest BCUT2D eigenvalue weighted by molar-refractivity contribution is 5.70. The van der Waals surface area contributed by atoms with Crippen LogP contribution < -0.4 is 0 Å². The number of methoxy groups -OCH3 is 1. The van der Waals surface area contributed by atoms with Crippen molar-refractivity contribution in [2.24, 2.45) is 11.8 Å². The maximum atomic E-state index is 11.3. The van der Waals surface area contributed by atoms with Crippen LogP contribution in [0.3, 0.4) is 0 Å². The van der Waals surface area contributed by atoms with E-state index in [4.69, 9.17) is 0 Å². The minimum absolute atomic E-state index is 0.0579. The Morgan fingerprint density at radius 2 is 2.41 bits per heavy atom. The van der Waals surface area contributed by atoms with Crippen LogP contribution >= 0.6 is 0 Å². The highest BCUT2D eigenvalue weighted by Gasteiger charge is 2.24. The van der Waals surface area contributed by atoms with Crippen molar-refractivity contribution in [3.05, 3.63) is 36.1 Å². The summed E-state index contributed by atoms with van der Waals surface area (Å²) in [6.45, 7) is 5.60. The number of hydrogen-bond donors (Lipinski definition) is 1. The fraction of sp³-hybridized carbons (Fsp3) is 0.357. The lowest BCUT2D eigenvalue weighted by Gasteiger charge is -2.22. The molecule has 1 aliphatic carbocycles. The van der Waals surface area contributed by atoms with Crippen LogP contribution in [0.25, 0.3) is 0 Å². The standard InChI is InChI=1S/C14H16O3/c1-4-5-11(9-14(16)17-3)13-7-6-12(15)8-10(13)2/h6-8,11,13,15H,2,9H2,1,3H3. The van der Waals surface area contributed by atoms with E-state index in [2.05, 4.69) is 23.2 Å². The summed E-state index contributed by atoms with van der Waals surface area (Å²) >= 11 is 0. The van der Waals surface area contributed by atoms with Gasteiger partial charge in [0.2, 0.25) is 0 Å². The summed E-state index contributed by atoms with van der Waals surface area (Å²) in [5.41, 5.74) is 0.752. The normalized spacial score (nSPS) is 20.0. The summed E-state index contributed by atoms with van der Waals surface area (Å²) in [6, 6.07) is 0. The lowest BCUT2D eigenvalue weighted by atomic mass is 9.82. The van der Waals surface area contributed by atoms with Crippen LogP contribution in [0.15, 0.2) is 36.1 Å². The third kappa shape index (κ3) is 3.53. The predicted octanol–water partition coefficient (Wildman–Crippen LogP) is 2.37. The minimum atomic E-state index is -0.294. The average Bonchev–Trinajstić information content (AvgIpc) is 2.28. The van der Waals surface area contributed by atoms with Crippen LogP contribution in [-0.2, 0) is 9.53 Å². The average molecular weight is 232 g/mol. The van der Waals surface area contributed by atoms with Crippen molar-refractivity contribution in [1.29, 1.82) is 0 Å². The monoisotopic (exact) mass is 232 g/mol. The van der Waals surface area contributed by atoms with Gasteiger partial charge in [0.1, 0.15) is 5.76 Å². The number of aliphatic hydroxyl groups is 1. The Hall–Kier alpha value is -1.95. The van der Waals surface area contributed by atoms with Crippen LogP contribution in [0.4, 0.5) is 0 Å². The molecule has 0 aromatic heterocycles. The van der Waals surface area contributed by atoms with Gasteiger partial charge in [-0.25, -0.2) is 0 Å². The van der Waals surface area contributed by atoms with Gasteiger partial charge in [0.05, 0.1) is 13.5 Å². The second-order valence-corrected chi connectivity index (χ2v) is 3.81. The molecule has 0 heterocycles. The van der Waals surface area contributed by atoms with Crippen molar-refractivity contribution in [1.82, 2.24) is 0 Å². The molecule has 17 heavy (non-hydrogen) atoms. The minimum Gasteiger partial charge on any atom is -0.508 e. The molecule has 3 heteroatoms. The Morgan fingerprint density at radius 3 is 2.94 bits per heavy atom. The summed E-state index contributed by atoms with van der Waals surface area (Å²) in [6.07, 6.45) is 5.23. The third-order valence-electron chi connectivity index (χ3n) is 2.61. The number of rotatable bonds is 3. The number of allylic oxidation sites excluding steroid dienone is 4. The molecule has 1 rings (SSSR count). The Morgan fingerprint density at radius 1 is 1.71 bits per heavy atom. The van der Waals surface area contributed by atoms with Crippen LogP contribution in [-0.4, -0.2) is 18.2 Å². The number of carbonyl (C=O) groups excluding carboxylic acids is 1. The van der Waals surface area contributed by atoms with Crippen LogP contribution in [0.1, 0.15) is 13.3 Å². The second kappa shape index (κ2) is 5.95. The van der Waals surface area contributed by atoms with Gasteiger partial charge in [-0.2, -0.15) is 0 Å². The highest BCUT2D eigenvalue weighted by atomic mass is 16.5.